The van der Waals surface area contributed by atoms with Crippen molar-refractivity contribution in [1.82, 2.24) is 0 Å². The van der Waals surface area contributed by atoms with Gasteiger partial charge in [-0.25, -0.2) is 0 Å². The van der Waals surface area contributed by atoms with E-state index in [4.69, 9.17) is 11.6 Å². The number of halogens is 1. The first-order valence-corrected chi connectivity index (χ1v) is 8.76. The molecule has 0 aliphatic rings. The fraction of sp³-hybridized carbons (Fsp3) is 0.211. The molecule has 0 atom stereocenters. The van der Waals surface area contributed by atoms with Crippen LogP contribution in [0.15, 0.2) is 59.5 Å². The Kier molecular flexibility index (Phi) is 6.75. The van der Waals surface area contributed by atoms with Crippen LogP contribution in [0, 0.1) is 0 Å². The molecule has 3 heteroatoms. The van der Waals surface area contributed by atoms with Crippen LogP contribution in [0.4, 0.5) is 0 Å². The zero-order valence-corrected chi connectivity index (χ0v) is 14.2. The second kappa shape index (κ2) is 8.82. The van der Waals surface area contributed by atoms with Crippen molar-refractivity contribution in [2.75, 3.05) is 5.75 Å². The molecule has 0 spiro atoms. The molecule has 0 N–H and O–H groups in total. The molecular weight excluding hydrogens is 312 g/mol. The van der Waals surface area contributed by atoms with Gasteiger partial charge in [-0.3, -0.25) is 4.79 Å². The SMILES string of the molecule is CCCCSc1ccc(C=CC(=O)c2cccc(Cl)c2)cc1. The van der Waals surface area contributed by atoms with E-state index >= 15 is 0 Å². The molecule has 22 heavy (non-hydrogen) atoms. The lowest BCUT2D eigenvalue weighted by molar-refractivity contribution is 0.104. The molecule has 2 rings (SSSR count). The summed E-state index contributed by atoms with van der Waals surface area (Å²) in [6.07, 6.45) is 5.88. The van der Waals surface area contributed by atoms with Crippen LogP contribution >= 0.6 is 23.4 Å². The number of ketones is 1. The molecule has 0 aliphatic heterocycles. The van der Waals surface area contributed by atoms with E-state index in [1.54, 1.807) is 30.3 Å². The number of carbonyl (C=O) groups is 1. The van der Waals surface area contributed by atoms with Gasteiger partial charge in [0.05, 0.1) is 0 Å². The summed E-state index contributed by atoms with van der Waals surface area (Å²) in [5.74, 6) is 1.11. The molecule has 0 aliphatic carbocycles. The van der Waals surface area contributed by atoms with Gasteiger partial charge in [0.25, 0.3) is 0 Å². The lowest BCUT2D eigenvalue weighted by Gasteiger charge is -2.01. The molecule has 0 heterocycles. The van der Waals surface area contributed by atoms with Gasteiger partial charge in [-0.15, -0.1) is 11.8 Å². The average molecular weight is 331 g/mol. The van der Waals surface area contributed by atoms with Gasteiger partial charge in [0, 0.05) is 15.5 Å². The van der Waals surface area contributed by atoms with Crippen LogP contribution in [0.5, 0.6) is 0 Å². The minimum absolute atomic E-state index is 0.0381. The maximum Gasteiger partial charge on any atom is 0.185 e. The fourth-order valence-electron chi connectivity index (χ4n) is 1.92. The Morgan fingerprint density at radius 3 is 2.64 bits per heavy atom. The number of allylic oxidation sites excluding steroid dienone is 1. The summed E-state index contributed by atoms with van der Waals surface area (Å²) < 4.78 is 0. The molecular formula is C19H19ClOS. The van der Waals surface area contributed by atoms with E-state index in [1.807, 2.05) is 30.0 Å². The van der Waals surface area contributed by atoms with Gasteiger partial charge < -0.3 is 0 Å². The van der Waals surface area contributed by atoms with Crippen molar-refractivity contribution in [3.05, 3.63) is 70.8 Å². The largest absolute Gasteiger partial charge is 0.289 e. The van der Waals surface area contributed by atoms with Crippen LogP contribution in [0.2, 0.25) is 5.02 Å². The molecule has 1 nitrogen and oxygen atoms in total. The maximum atomic E-state index is 12.1. The minimum Gasteiger partial charge on any atom is -0.289 e. The highest BCUT2D eigenvalue weighted by atomic mass is 35.5. The molecule has 0 aromatic heterocycles. The number of hydrogen-bond acceptors (Lipinski definition) is 2. The highest BCUT2D eigenvalue weighted by Gasteiger charge is 2.02. The highest BCUT2D eigenvalue weighted by molar-refractivity contribution is 7.99. The Morgan fingerprint density at radius 1 is 1.18 bits per heavy atom. The maximum absolute atomic E-state index is 12.1. The predicted molar refractivity (Wildman–Crippen MR) is 96.9 cm³/mol. The number of unbranched alkanes of at least 4 members (excludes halogenated alkanes) is 1. The summed E-state index contributed by atoms with van der Waals surface area (Å²) >= 11 is 7.77. The number of thioether (sulfide) groups is 1. The van der Waals surface area contributed by atoms with Crippen LogP contribution in [0.3, 0.4) is 0 Å². The van der Waals surface area contributed by atoms with Crippen molar-refractivity contribution >= 4 is 35.2 Å². The summed E-state index contributed by atoms with van der Waals surface area (Å²) in [6.45, 7) is 2.20. The third kappa shape index (κ3) is 5.36. The van der Waals surface area contributed by atoms with Crippen molar-refractivity contribution in [2.45, 2.75) is 24.7 Å². The van der Waals surface area contributed by atoms with Gasteiger partial charge in [0.1, 0.15) is 0 Å². The predicted octanol–water partition coefficient (Wildman–Crippen LogP) is 6.13. The summed E-state index contributed by atoms with van der Waals surface area (Å²) in [5, 5.41) is 0.577. The van der Waals surface area contributed by atoms with Crippen molar-refractivity contribution in [2.24, 2.45) is 0 Å². The number of hydrogen-bond donors (Lipinski definition) is 0. The second-order valence-corrected chi connectivity index (χ2v) is 6.58. The van der Waals surface area contributed by atoms with Crippen LogP contribution in [0.1, 0.15) is 35.7 Å². The Bertz CT molecular complexity index is 647. The van der Waals surface area contributed by atoms with Gasteiger partial charge >= 0.3 is 0 Å². The fourth-order valence-corrected chi connectivity index (χ4v) is 3.11. The van der Waals surface area contributed by atoms with Crippen molar-refractivity contribution in [1.29, 1.82) is 0 Å². The van der Waals surface area contributed by atoms with E-state index in [0.717, 1.165) is 11.3 Å². The van der Waals surface area contributed by atoms with E-state index < -0.39 is 0 Å². The monoisotopic (exact) mass is 330 g/mol. The molecule has 0 saturated carbocycles. The molecule has 0 radical (unpaired) electrons. The first-order valence-electron chi connectivity index (χ1n) is 7.40. The normalized spacial score (nSPS) is 11.0. The smallest absolute Gasteiger partial charge is 0.185 e. The van der Waals surface area contributed by atoms with E-state index in [9.17, 15) is 4.79 Å². The summed E-state index contributed by atoms with van der Waals surface area (Å²) in [7, 11) is 0. The van der Waals surface area contributed by atoms with Gasteiger partial charge in [-0.1, -0.05) is 55.3 Å². The number of rotatable bonds is 7. The van der Waals surface area contributed by atoms with Crippen LogP contribution in [-0.2, 0) is 0 Å². The zero-order chi connectivity index (χ0) is 15.8. The van der Waals surface area contributed by atoms with Gasteiger partial charge in [0.15, 0.2) is 5.78 Å². The van der Waals surface area contributed by atoms with E-state index in [2.05, 4.69) is 19.1 Å². The molecule has 114 valence electrons. The Hall–Kier alpha value is -1.51. The topological polar surface area (TPSA) is 17.1 Å². The minimum atomic E-state index is -0.0381. The summed E-state index contributed by atoms with van der Waals surface area (Å²) in [4.78, 5) is 13.3. The van der Waals surface area contributed by atoms with E-state index in [0.29, 0.717) is 10.6 Å². The second-order valence-electron chi connectivity index (χ2n) is 4.98. The Balaban J connectivity index is 1.96. The first kappa shape index (κ1) is 16.9. The highest BCUT2D eigenvalue weighted by Crippen LogP contribution is 2.20. The third-order valence-electron chi connectivity index (χ3n) is 3.18. The summed E-state index contributed by atoms with van der Waals surface area (Å²) in [5.41, 5.74) is 1.63. The van der Waals surface area contributed by atoms with Crippen LogP contribution in [0.25, 0.3) is 6.08 Å². The molecule has 2 aromatic carbocycles. The molecule has 2 aromatic rings. The quantitative estimate of drug-likeness (QED) is 0.263. The van der Waals surface area contributed by atoms with Crippen molar-refractivity contribution in [3.8, 4) is 0 Å². The zero-order valence-electron chi connectivity index (χ0n) is 12.6. The van der Waals surface area contributed by atoms with E-state index in [-0.39, 0.29) is 5.78 Å². The van der Waals surface area contributed by atoms with Crippen LogP contribution < -0.4 is 0 Å². The lowest BCUT2D eigenvalue weighted by atomic mass is 10.1. The third-order valence-corrected chi connectivity index (χ3v) is 4.52. The Morgan fingerprint density at radius 2 is 1.95 bits per heavy atom. The lowest BCUT2D eigenvalue weighted by Crippen LogP contribution is -1.93. The first-order chi connectivity index (χ1) is 10.7. The van der Waals surface area contributed by atoms with Crippen molar-refractivity contribution < 1.29 is 4.79 Å². The van der Waals surface area contributed by atoms with E-state index in [1.165, 1.54) is 17.7 Å². The molecule has 0 unspecified atom stereocenters. The number of benzene rings is 2. The molecule has 0 bridgehead atoms. The Labute approximate surface area is 141 Å². The van der Waals surface area contributed by atoms with Gasteiger partial charge in [0.2, 0.25) is 0 Å². The van der Waals surface area contributed by atoms with Gasteiger partial charge in [-0.05, 0) is 48.1 Å². The summed E-state index contributed by atoms with van der Waals surface area (Å²) in [6, 6.07) is 15.3. The number of carbonyl (C=O) groups excluding carboxylic acids is 1. The van der Waals surface area contributed by atoms with Gasteiger partial charge in [-0.2, -0.15) is 0 Å². The molecule has 0 fully saturated rings. The average Bonchev–Trinajstić information content (AvgIpc) is 2.54. The van der Waals surface area contributed by atoms with Crippen molar-refractivity contribution in [3.63, 3.8) is 0 Å². The molecule has 0 amide bonds. The molecule has 0 saturated heterocycles. The van der Waals surface area contributed by atoms with Crippen LogP contribution in [-0.4, -0.2) is 11.5 Å². The standard InChI is InChI=1S/C19H19ClOS/c1-2-3-13-22-18-10-7-15(8-11-18)9-12-19(21)16-5-4-6-17(20)14-16/h4-12,14H,2-3,13H2,1H3.